The van der Waals surface area contributed by atoms with Crippen LogP contribution in [0.25, 0.3) is 22.2 Å². The Morgan fingerprint density at radius 2 is 2.21 bits per heavy atom. The lowest BCUT2D eigenvalue weighted by atomic mass is 10.0. The van der Waals surface area contributed by atoms with E-state index in [9.17, 15) is 9.18 Å². The van der Waals surface area contributed by atoms with Gasteiger partial charge in [-0.1, -0.05) is 0 Å². The standard InChI is InChI=1S/C20H19FN4O3/c1-11-14(7-23-20-19(11)15(21)8-24-20)12-4-17-16(22-6-12)5-18(26)25(17)9-13-10-27-2-3-28-13/h4,6-8,13H,2-3,5,9-10H2,1H3,(H,23,24)/t13-/m0/s1. The Labute approximate surface area is 160 Å². The summed E-state index contributed by atoms with van der Waals surface area (Å²) in [5, 5.41) is 0.471. The number of nitrogens with zero attached hydrogens (tertiary/aromatic N) is 3. The highest BCUT2D eigenvalue weighted by atomic mass is 19.1. The topological polar surface area (TPSA) is 80.3 Å². The van der Waals surface area contributed by atoms with Crippen LogP contribution < -0.4 is 4.90 Å². The van der Waals surface area contributed by atoms with E-state index in [-0.39, 0.29) is 24.2 Å². The number of rotatable bonds is 3. The van der Waals surface area contributed by atoms with Gasteiger partial charge in [-0.25, -0.2) is 9.37 Å². The molecule has 1 atom stereocenters. The van der Waals surface area contributed by atoms with Crippen molar-refractivity contribution in [3.63, 3.8) is 0 Å². The van der Waals surface area contributed by atoms with Gasteiger partial charge in [-0.2, -0.15) is 0 Å². The number of carbonyl (C=O) groups is 1. The third-order valence-electron chi connectivity index (χ3n) is 5.35. The van der Waals surface area contributed by atoms with Gasteiger partial charge in [-0.3, -0.25) is 9.78 Å². The number of halogens is 1. The highest BCUT2D eigenvalue weighted by Gasteiger charge is 2.32. The second-order valence-electron chi connectivity index (χ2n) is 7.10. The van der Waals surface area contributed by atoms with Gasteiger partial charge in [0.15, 0.2) is 0 Å². The number of aryl methyl sites for hydroxylation is 1. The highest BCUT2D eigenvalue weighted by Crippen LogP contribution is 2.35. The fraction of sp³-hybridized carbons (Fsp3) is 0.350. The third kappa shape index (κ3) is 2.76. The summed E-state index contributed by atoms with van der Waals surface area (Å²) in [4.78, 5) is 25.9. The first kappa shape index (κ1) is 17.3. The number of hydrogen-bond donors (Lipinski definition) is 1. The van der Waals surface area contributed by atoms with Crippen LogP contribution in [-0.4, -0.2) is 53.3 Å². The average molecular weight is 382 g/mol. The van der Waals surface area contributed by atoms with Crippen molar-refractivity contribution in [2.24, 2.45) is 0 Å². The van der Waals surface area contributed by atoms with Gasteiger partial charge in [0.2, 0.25) is 5.91 Å². The van der Waals surface area contributed by atoms with Crippen LogP contribution in [0.15, 0.2) is 24.7 Å². The van der Waals surface area contributed by atoms with Gasteiger partial charge in [0.25, 0.3) is 0 Å². The van der Waals surface area contributed by atoms with Crippen molar-refractivity contribution in [3.05, 3.63) is 41.7 Å². The van der Waals surface area contributed by atoms with E-state index in [0.717, 1.165) is 28.1 Å². The van der Waals surface area contributed by atoms with Crippen molar-refractivity contribution in [2.75, 3.05) is 31.3 Å². The van der Waals surface area contributed by atoms with E-state index < -0.39 is 0 Å². The van der Waals surface area contributed by atoms with Gasteiger partial charge >= 0.3 is 0 Å². The largest absolute Gasteiger partial charge is 0.376 e. The summed E-state index contributed by atoms with van der Waals surface area (Å²) in [5.41, 5.74) is 4.39. The lowest BCUT2D eigenvalue weighted by Crippen LogP contribution is -2.41. The minimum Gasteiger partial charge on any atom is -0.376 e. The molecule has 5 rings (SSSR count). The Balaban J connectivity index is 1.53. The number of aromatic nitrogens is 3. The fourth-order valence-electron chi connectivity index (χ4n) is 3.92. The molecule has 8 heteroatoms. The van der Waals surface area contributed by atoms with E-state index >= 15 is 0 Å². The number of aromatic amines is 1. The Hall–Kier alpha value is -2.84. The van der Waals surface area contributed by atoms with Crippen molar-refractivity contribution in [1.82, 2.24) is 15.0 Å². The van der Waals surface area contributed by atoms with Crippen LogP contribution in [0.3, 0.4) is 0 Å². The smallest absolute Gasteiger partial charge is 0.233 e. The summed E-state index contributed by atoms with van der Waals surface area (Å²) in [6.07, 6.45) is 4.85. The molecule has 0 radical (unpaired) electrons. The Morgan fingerprint density at radius 1 is 1.32 bits per heavy atom. The SMILES string of the molecule is Cc1c(-c2cnc3c(c2)N(C[C@H]2COCCO2)C(=O)C3)cnc2[nH]cc(F)c12. The normalized spacial score (nSPS) is 19.4. The molecule has 28 heavy (non-hydrogen) atoms. The summed E-state index contributed by atoms with van der Waals surface area (Å²) >= 11 is 0. The first-order valence-corrected chi connectivity index (χ1v) is 9.23. The number of nitrogens with one attached hydrogen (secondary N) is 1. The van der Waals surface area contributed by atoms with Crippen LogP contribution in [0.1, 0.15) is 11.3 Å². The molecule has 2 aliphatic rings. The predicted octanol–water partition coefficient (Wildman–Crippen LogP) is 2.38. The second-order valence-corrected chi connectivity index (χ2v) is 7.10. The maximum atomic E-state index is 14.1. The summed E-state index contributed by atoms with van der Waals surface area (Å²) in [6.45, 7) is 3.88. The maximum Gasteiger partial charge on any atom is 0.233 e. The number of carbonyl (C=O) groups excluding carboxylic acids is 1. The zero-order valence-electron chi connectivity index (χ0n) is 15.4. The molecular weight excluding hydrogens is 363 g/mol. The number of ether oxygens (including phenoxy) is 2. The van der Waals surface area contributed by atoms with Gasteiger partial charge in [0.05, 0.1) is 55.7 Å². The van der Waals surface area contributed by atoms with Crippen LogP contribution in [0.2, 0.25) is 0 Å². The molecule has 1 fully saturated rings. The summed E-state index contributed by atoms with van der Waals surface area (Å²) < 4.78 is 25.3. The average Bonchev–Trinajstić information content (AvgIpc) is 3.23. The lowest BCUT2D eigenvalue weighted by Gasteiger charge is -2.27. The fourth-order valence-corrected chi connectivity index (χ4v) is 3.92. The lowest BCUT2D eigenvalue weighted by molar-refractivity contribution is -0.119. The minimum atomic E-state index is -0.331. The maximum absolute atomic E-state index is 14.1. The Bertz CT molecular complexity index is 1070. The monoisotopic (exact) mass is 382 g/mol. The molecule has 7 nitrogen and oxygen atoms in total. The van der Waals surface area contributed by atoms with Crippen molar-refractivity contribution < 1.29 is 18.7 Å². The molecule has 2 aliphatic heterocycles. The van der Waals surface area contributed by atoms with Crippen molar-refractivity contribution in [2.45, 2.75) is 19.4 Å². The molecule has 3 aromatic heterocycles. The number of hydrogen-bond acceptors (Lipinski definition) is 5. The van der Waals surface area contributed by atoms with Gasteiger partial charge in [0.1, 0.15) is 11.5 Å². The van der Waals surface area contributed by atoms with Crippen LogP contribution in [0.4, 0.5) is 10.1 Å². The minimum absolute atomic E-state index is 0.00389. The summed E-state index contributed by atoms with van der Waals surface area (Å²) in [7, 11) is 0. The van der Waals surface area contributed by atoms with E-state index in [0.29, 0.717) is 37.4 Å². The van der Waals surface area contributed by atoms with E-state index in [1.54, 1.807) is 17.3 Å². The number of pyridine rings is 2. The predicted molar refractivity (Wildman–Crippen MR) is 101 cm³/mol. The first-order chi connectivity index (χ1) is 13.6. The van der Waals surface area contributed by atoms with Crippen LogP contribution in [0.5, 0.6) is 0 Å². The molecule has 144 valence electrons. The zero-order chi connectivity index (χ0) is 19.3. The molecule has 3 aromatic rings. The van der Waals surface area contributed by atoms with Crippen molar-refractivity contribution in [3.8, 4) is 11.1 Å². The molecule has 1 saturated heterocycles. The van der Waals surface area contributed by atoms with E-state index in [4.69, 9.17) is 9.47 Å². The summed E-state index contributed by atoms with van der Waals surface area (Å²) in [5.74, 6) is -0.335. The van der Waals surface area contributed by atoms with Crippen LogP contribution in [0, 0.1) is 12.7 Å². The zero-order valence-corrected chi connectivity index (χ0v) is 15.4. The number of amides is 1. The molecule has 0 unspecified atom stereocenters. The van der Waals surface area contributed by atoms with Gasteiger partial charge in [0, 0.05) is 29.7 Å². The second kappa shape index (κ2) is 6.65. The number of H-pyrrole nitrogens is 1. The molecule has 0 aliphatic carbocycles. The van der Waals surface area contributed by atoms with Crippen molar-refractivity contribution >= 4 is 22.6 Å². The molecule has 0 saturated carbocycles. The van der Waals surface area contributed by atoms with Gasteiger partial charge < -0.3 is 19.4 Å². The van der Waals surface area contributed by atoms with E-state index in [2.05, 4.69) is 15.0 Å². The Morgan fingerprint density at radius 3 is 3.04 bits per heavy atom. The summed E-state index contributed by atoms with van der Waals surface area (Å²) in [6, 6.07) is 1.93. The quantitative estimate of drug-likeness (QED) is 0.752. The van der Waals surface area contributed by atoms with Crippen molar-refractivity contribution in [1.29, 1.82) is 0 Å². The number of fused-ring (bicyclic) bond motifs is 2. The molecule has 5 heterocycles. The van der Waals surface area contributed by atoms with E-state index in [1.807, 2.05) is 13.0 Å². The molecule has 1 N–H and O–H groups in total. The van der Waals surface area contributed by atoms with E-state index in [1.165, 1.54) is 6.20 Å². The molecule has 0 spiro atoms. The molecule has 0 bridgehead atoms. The highest BCUT2D eigenvalue weighted by molar-refractivity contribution is 6.01. The molecule has 1 amide bonds. The first-order valence-electron chi connectivity index (χ1n) is 9.23. The molecule has 0 aromatic carbocycles. The van der Waals surface area contributed by atoms with Crippen LogP contribution in [-0.2, 0) is 20.7 Å². The third-order valence-corrected chi connectivity index (χ3v) is 5.35. The van der Waals surface area contributed by atoms with Crippen LogP contribution >= 0.6 is 0 Å². The number of anilines is 1. The van der Waals surface area contributed by atoms with Gasteiger partial charge in [-0.15, -0.1) is 0 Å². The van der Waals surface area contributed by atoms with Gasteiger partial charge in [-0.05, 0) is 18.6 Å². The molecular formula is C20H19FN4O3. The Kier molecular flexibility index (Phi) is 4.10.